The predicted octanol–water partition coefficient (Wildman–Crippen LogP) is 4.30. The van der Waals surface area contributed by atoms with Gasteiger partial charge >= 0.3 is 5.97 Å². The maximum atomic E-state index is 12.4. The molecule has 0 unspecified atom stereocenters. The van der Waals surface area contributed by atoms with E-state index in [0.717, 1.165) is 28.4 Å². The van der Waals surface area contributed by atoms with Crippen molar-refractivity contribution in [1.82, 2.24) is 14.9 Å². The Morgan fingerprint density at radius 2 is 1.81 bits per heavy atom. The highest BCUT2D eigenvalue weighted by Gasteiger charge is 2.19. The molecule has 1 aromatic heterocycles. The van der Waals surface area contributed by atoms with Gasteiger partial charge in [0, 0.05) is 17.9 Å². The topological polar surface area (TPSA) is 82.5 Å². The van der Waals surface area contributed by atoms with E-state index in [1.54, 1.807) is 43.1 Å². The summed E-state index contributed by atoms with van der Waals surface area (Å²) < 4.78 is 12.5. The third kappa shape index (κ3) is 6.50. The molecule has 1 heterocycles. The van der Waals surface area contributed by atoms with Crippen LogP contribution in [0.1, 0.15) is 37.6 Å². The van der Waals surface area contributed by atoms with Crippen molar-refractivity contribution < 1.29 is 19.1 Å². The van der Waals surface area contributed by atoms with Gasteiger partial charge in [0.15, 0.2) is 5.16 Å². The van der Waals surface area contributed by atoms with Gasteiger partial charge in [-0.1, -0.05) is 23.9 Å². The Labute approximate surface area is 192 Å². The molecule has 0 aliphatic carbocycles. The molecule has 0 fully saturated rings. The van der Waals surface area contributed by atoms with Crippen molar-refractivity contribution in [1.29, 1.82) is 0 Å². The van der Waals surface area contributed by atoms with Crippen molar-refractivity contribution in [3.05, 3.63) is 54.1 Å². The summed E-state index contributed by atoms with van der Waals surface area (Å²) in [5.74, 6) is 1.05. The lowest BCUT2D eigenvalue weighted by atomic mass is 10.2. The first-order chi connectivity index (χ1) is 15.3. The number of fused-ring (bicyclic) bond motifs is 1. The number of esters is 1. The van der Waals surface area contributed by atoms with Crippen LogP contribution in [-0.4, -0.2) is 46.4 Å². The molecule has 1 N–H and O–H groups in total. The number of benzene rings is 2. The van der Waals surface area contributed by atoms with Crippen molar-refractivity contribution in [3.63, 3.8) is 0 Å². The van der Waals surface area contributed by atoms with Crippen LogP contribution in [0.4, 0.5) is 0 Å². The fourth-order valence-corrected chi connectivity index (χ4v) is 4.05. The molecule has 0 aliphatic rings. The second-order valence-corrected chi connectivity index (χ2v) is 9.30. The number of hydrogen-bond donors (Lipinski definition) is 1. The van der Waals surface area contributed by atoms with E-state index >= 15 is 0 Å². The van der Waals surface area contributed by atoms with Crippen LogP contribution < -0.4 is 10.1 Å². The molecule has 7 nitrogen and oxygen atoms in total. The van der Waals surface area contributed by atoms with Gasteiger partial charge in [-0.3, -0.25) is 9.59 Å². The van der Waals surface area contributed by atoms with Crippen LogP contribution in [0.5, 0.6) is 5.75 Å². The number of para-hydroxylation sites is 2. The van der Waals surface area contributed by atoms with Crippen molar-refractivity contribution in [2.75, 3.05) is 19.4 Å². The number of hydrogen-bond acceptors (Lipinski definition) is 6. The number of nitrogens with zero attached hydrogens (tertiary/aromatic N) is 2. The van der Waals surface area contributed by atoms with Crippen molar-refractivity contribution in [2.24, 2.45) is 0 Å². The molecule has 0 atom stereocenters. The number of carbonyl (C=O) groups excluding carboxylic acids is 2. The van der Waals surface area contributed by atoms with Gasteiger partial charge in [0.2, 0.25) is 0 Å². The van der Waals surface area contributed by atoms with Gasteiger partial charge in [-0.05, 0) is 63.6 Å². The van der Waals surface area contributed by atoms with Crippen molar-refractivity contribution in [3.8, 4) is 5.75 Å². The molecular weight excluding hydrogens is 426 g/mol. The molecule has 170 valence electrons. The summed E-state index contributed by atoms with van der Waals surface area (Å²) in [4.78, 5) is 29.3. The lowest BCUT2D eigenvalue weighted by Crippen LogP contribution is -2.26. The normalized spacial score (nSPS) is 11.4. The minimum Gasteiger partial charge on any atom is -0.497 e. The molecule has 8 heteroatoms. The Morgan fingerprint density at radius 3 is 2.50 bits per heavy atom. The maximum Gasteiger partial charge on any atom is 0.326 e. The molecule has 3 aromatic rings. The molecule has 1 amide bonds. The summed E-state index contributed by atoms with van der Waals surface area (Å²) in [6.07, 6.45) is 0.766. The molecule has 3 rings (SSSR count). The zero-order valence-electron chi connectivity index (χ0n) is 18.9. The van der Waals surface area contributed by atoms with Gasteiger partial charge in [-0.15, -0.1) is 0 Å². The van der Waals surface area contributed by atoms with Gasteiger partial charge in [-0.25, -0.2) is 4.98 Å². The zero-order chi connectivity index (χ0) is 23.1. The van der Waals surface area contributed by atoms with Crippen LogP contribution in [0.3, 0.4) is 0 Å². The Morgan fingerprint density at radius 1 is 1.09 bits per heavy atom. The summed E-state index contributed by atoms with van der Waals surface area (Å²) in [5.41, 5.74) is 1.79. The largest absolute Gasteiger partial charge is 0.497 e. The van der Waals surface area contributed by atoms with E-state index in [0.29, 0.717) is 17.9 Å². The SMILES string of the molecule is COc1ccc(C(=O)NCCCSc2nc3ccccc3n2CC(=O)OC(C)(C)C)cc1. The lowest BCUT2D eigenvalue weighted by Gasteiger charge is -2.20. The number of ether oxygens (including phenoxy) is 2. The highest BCUT2D eigenvalue weighted by Crippen LogP contribution is 2.25. The Kier molecular flexibility index (Phi) is 7.80. The first kappa shape index (κ1) is 23.7. The van der Waals surface area contributed by atoms with E-state index in [9.17, 15) is 9.59 Å². The first-order valence-electron chi connectivity index (χ1n) is 10.5. The summed E-state index contributed by atoms with van der Waals surface area (Å²) >= 11 is 1.56. The van der Waals surface area contributed by atoms with Crippen molar-refractivity contribution >= 4 is 34.7 Å². The van der Waals surface area contributed by atoms with E-state index in [2.05, 4.69) is 10.3 Å². The molecular formula is C24H29N3O4S. The Hall–Kier alpha value is -3.00. The van der Waals surface area contributed by atoms with Gasteiger partial charge in [0.1, 0.15) is 17.9 Å². The summed E-state index contributed by atoms with van der Waals surface area (Å²) in [6.45, 7) is 6.21. The van der Waals surface area contributed by atoms with Crippen LogP contribution in [0, 0.1) is 0 Å². The number of imidazole rings is 1. The smallest absolute Gasteiger partial charge is 0.326 e. The first-order valence-corrected chi connectivity index (χ1v) is 11.5. The van der Waals surface area contributed by atoms with Gasteiger partial charge in [-0.2, -0.15) is 0 Å². The second-order valence-electron chi connectivity index (χ2n) is 8.24. The summed E-state index contributed by atoms with van der Waals surface area (Å²) in [5, 5.41) is 3.69. The Bertz CT molecular complexity index is 1070. The van der Waals surface area contributed by atoms with Crippen LogP contribution >= 0.6 is 11.8 Å². The van der Waals surface area contributed by atoms with Gasteiger partial charge in [0.25, 0.3) is 5.91 Å². The van der Waals surface area contributed by atoms with Gasteiger partial charge < -0.3 is 19.4 Å². The van der Waals surface area contributed by atoms with Gasteiger partial charge in [0.05, 0.1) is 18.1 Å². The monoisotopic (exact) mass is 455 g/mol. The second kappa shape index (κ2) is 10.5. The molecule has 0 spiro atoms. The fraction of sp³-hybridized carbons (Fsp3) is 0.375. The van der Waals surface area contributed by atoms with Crippen molar-refractivity contribution in [2.45, 2.75) is 44.5 Å². The number of aromatic nitrogens is 2. The highest BCUT2D eigenvalue weighted by molar-refractivity contribution is 7.99. The minimum atomic E-state index is -0.539. The molecule has 2 aromatic carbocycles. The van der Waals surface area contributed by atoms with E-state index in [4.69, 9.17) is 9.47 Å². The number of nitrogens with one attached hydrogen (secondary N) is 1. The van der Waals surface area contributed by atoms with Crippen LogP contribution in [-0.2, 0) is 16.1 Å². The number of amides is 1. The molecule has 32 heavy (non-hydrogen) atoms. The molecule has 0 bridgehead atoms. The van der Waals surface area contributed by atoms with Crippen LogP contribution in [0.25, 0.3) is 11.0 Å². The van der Waals surface area contributed by atoms with E-state index in [1.807, 2.05) is 49.6 Å². The minimum absolute atomic E-state index is 0.105. The number of thioether (sulfide) groups is 1. The number of carbonyl (C=O) groups is 2. The third-order valence-electron chi connectivity index (χ3n) is 4.52. The fourth-order valence-electron chi connectivity index (χ4n) is 3.10. The average Bonchev–Trinajstić information content (AvgIpc) is 3.09. The molecule has 0 radical (unpaired) electrons. The average molecular weight is 456 g/mol. The van der Waals surface area contributed by atoms with E-state index < -0.39 is 5.60 Å². The zero-order valence-corrected chi connectivity index (χ0v) is 19.7. The molecule has 0 saturated carbocycles. The summed E-state index contributed by atoms with van der Waals surface area (Å²) in [7, 11) is 1.59. The van der Waals surface area contributed by atoms with Crippen LogP contribution in [0.2, 0.25) is 0 Å². The number of rotatable bonds is 9. The molecule has 0 aliphatic heterocycles. The quantitative estimate of drug-likeness (QED) is 0.294. The van der Waals surface area contributed by atoms with E-state index in [1.165, 1.54) is 0 Å². The van der Waals surface area contributed by atoms with Crippen LogP contribution in [0.15, 0.2) is 53.7 Å². The van der Waals surface area contributed by atoms with E-state index in [-0.39, 0.29) is 18.4 Å². The predicted molar refractivity (Wildman–Crippen MR) is 126 cm³/mol. The molecule has 0 saturated heterocycles. The lowest BCUT2D eigenvalue weighted by molar-refractivity contribution is -0.155. The standard InChI is InChI=1S/C24H29N3O4S/c1-24(2,3)31-21(28)16-27-20-9-6-5-8-19(20)26-23(27)32-15-7-14-25-22(29)17-10-12-18(30-4)13-11-17/h5-6,8-13H,7,14-16H2,1-4H3,(H,25,29). The highest BCUT2D eigenvalue weighted by atomic mass is 32.2. The summed E-state index contributed by atoms with van der Waals surface area (Å²) in [6, 6.07) is 14.7. The maximum absolute atomic E-state index is 12.4. The third-order valence-corrected chi connectivity index (χ3v) is 5.58. The number of methoxy groups -OCH3 is 1. The Balaban J connectivity index is 1.56.